The fraction of sp³-hybridized carbons (Fsp3) is 0.728. The molecule has 0 spiro atoms. The Morgan fingerprint density at radius 2 is 0.716 bits per heavy atom. The van der Waals surface area contributed by atoms with Gasteiger partial charge in [-0.2, -0.15) is 0 Å². The summed E-state index contributed by atoms with van der Waals surface area (Å²) in [5, 5.41) is 29.3. The van der Waals surface area contributed by atoms with Gasteiger partial charge in [0.05, 0.1) is 5.60 Å². The summed E-state index contributed by atoms with van der Waals surface area (Å²) in [6, 6.07) is 25.1. The molecule has 12 rings (SSSR count). The van der Waals surface area contributed by atoms with Gasteiger partial charge >= 0.3 is 7.12 Å². The summed E-state index contributed by atoms with van der Waals surface area (Å²) in [7, 11) is -1.73. The second-order valence-corrected chi connectivity index (χ2v) is 35.2. The van der Waals surface area contributed by atoms with E-state index < -0.39 is 18.5 Å². The van der Waals surface area contributed by atoms with Crippen LogP contribution in [0.5, 0.6) is 0 Å². The third-order valence-corrected chi connectivity index (χ3v) is 27.8. The average molecular weight is 1480 g/mol. The maximum atomic E-state index is 14.1. The van der Waals surface area contributed by atoms with Crippen LogP contribution in [0.1, 0.15) is 364 Å². The number of aliphatic hydroxyl groups is 1. The summed E-state index contributed by atoms with van der Waals surface area (Å²) in [6.07, 6.45) is 63.6. The largest absolute Gasteiger partial charge is 0.491 e. The number of halogens is 5. The normalized spacial score (nSPS) is 29.3. The lowest BCUT2D eigenvalue weighted by atomic mass is 9.66. The Labute approximate surface area is 627 Å². The second-order valence-electron chi connectivity index (χ2n) is 34.2. The molecule has 0 amide bonds. The Hall–Kier alpha value is -3.31. The molecule has 0 unspecified atom stereocenters. The minimum atomic E-state index is -1.73. The van der Waals surface area contributed by atoms with Gasteiger partial charge in [-0.1, -0.05) is 240 Å². The molecule has 4 nitrogen and oxygen atoms in total. The van der Waals surface area contributed by atoms with Gasteiger partial charge in [-0.3, -0.25) is 4.79 Å². The van der Waals surface area contributed by atoms with Crippen molar-refractivity contribution < 1.29 is 37.5 Å². The van der Waals surface area contributed by atoms with E-state index in [0.29, 0.717) is 17.6 Å². The Morgan fingerprint density at radius 1 is 0.382 bits per heavy atom. The van der Waals surface area contributed by atoms with E-state index in [0.717, 1.165) is 138 Å². The fourth-order valence-corrected chi connectivity index (χ4v) is 21.1. The lowest BCUT2D eigenvalue weighted by molar-refractivity contribution is -0.121. The summed E-state index contributed by atoms with van der Waals surface area (Å²) < 4.78 is 53.9. The zero-order valence-electron chi connectivity index (χ0n) is 64.4. The van der Waals surface area contributed by atoms with Crippen molar-refractivity contribution in [3.8, 4) is 0 Å². The molecule has 0 heterocycles. The van der Waals surface area contributed by atoms with E-state index in [-0.39, 0.29) is 22.9 Å². The number of Topliss-reactive ketones (excluding diaryl/α,β-unsaturated/α-hetero) is 1. The van der Waals surface area contributed by atoms with Crippen LogP contribution in [-0.4, -0.2) is 28.1 Å². The van der Waals surface area contributed by atoms with Crippen LogP contribution in [0.3, 0.4) is 0 Å². The van der Waals surface area contributed by atoms with Crippen LogP contribution < -0.4 is 5.46 Å². The quantitative estimate of drug-likeness (QED) is 0.0371. The first-order valence-corrected chi connectivity index (χ1v) is 43.6. The van der Waals surface area contributed by atoms with Gasteiger partial charge < -0.3 is 15.2 Å². The number of benzene rings is 4. The van der Waals surface area contributed by atoms with Gasteiger partial charge in [-0.15, -0.1) is 0 Å². The van der Waals surface area contributed by atoms with Crippen molar-refractivity contribution in [3.63, 3.8) is 0 Å². The average Bonchev–Trinajstić information content (AvgIpc) is 0.808. The van der Waals surface area contributed by atoms with Crippen LogP contribution in [0.25, 0.3) is 0 Å². The highest BCUT2D eigenvalue weighted by Crippen LogP contribution is 2.49. The molecule has 102 heavy (non-hydrogen) atoms. The third kappa shape index (κ3) is 28.7. The first-order chi connectivity index (χ1) is 49.5. The standard InChI is InChI=1S/C23H36BFO2.C23H35FO.C23H35F.C17H30O.C6H4BrF/c1-2-3-4-5-17-6-8-18(9-7-17)19-10-12-20(13-11-19)21-14-15-22(24(26)27)23(25)16-21;1-2-3-4-6-18-9-11-19(12-10-18)20-13-15-23(25,16-14-20)21-7-5-8-22(24)17-21;1-2-3-4-6-18-9-11-19(12-10-18)20-13-15-21(16-14-20)22-7-5-8-23(24)17-22;1-2-3-4-5-14-6-8-15(9-7-14)16-10-12-17(18)13-11-16;7-5-2-1-3-6(8)4-5/h14-20,26-27H,2-13H2,1H3;5,7-8,17-20,25H,2-4,6,9-16H2,1H3;5,7-8,17-21H,2-4,6,9-16H2,1H3;14-16H,2-13H2,1H3;1-4H. The van der Waals surface area contributed by atoms with E-state index in [1.807, 2.05) is 18.2 Å². The molecule has 3 N–H and O–H groups in total. The van der Waals surface area contributed by atoms with Gasteiger partial charge in [-0.25, -0.2) is 17.6 Å². The fourth-order valence-electron chi connectivity index (χ4n) is 20.7. The summed E-state index contributed by atoms with van der Waals surface area (Å²) in [6.45, 7) is 9.16. The predicted octanol–water partition coefficient (Wildman–Crippen LogP) is 27.0. The van der Waals surface area contributed by atoms with E-state index in [2.05, 4.69) is 49.7 Å². The van der Waals surface area contributed by atoms with Gasteiger partial charge in [0.1, 0.15) is 29.1 Å². The zero-order chi connectivity index (χ0) is 72.5. The zero-order valence-corrected chi connectivity index (χ0v) is 66.0. The number of rotatable bonds is 24. The van der Waals surface area contributed by atoms with Crippen molar-refractivity contribution in [2.75, 3.05) is 0 Å². The Morgan fingerprint density at radius 3 is 1.05 bits per heavy atom. The molecule has 570 valence electrons. The highest BCUT2D eigenvalue weighted by atomic mass is 79.9. The Balaban J connectivity index is 0.000000167. The molecule has 4 aromatic carbocycles. The summed E-state index contributed by atoms with van der Waals surface area (Å²) in [4.78, 5) is 11.3. The van der Waals surface area contributed by atoms with Crippen molar-refractivity contribution >= 4 is 34.3 Å². The molecule has 0 bridgehead atoms. The summed E-state index contributed by atoms with van der Waals surface area (Å²) in [5.41, 5.74) is 2.19. The minimum absolute atomic E-state index is 0.0249. The van der Waals surface area contributed by atoms with Crippen molar-refractivity contribution in [2.45, 2.75) is 353 Å². The monoisotopic (exact) mass is 1470 g/mol. The molecule has 8 aliphatic carbocycles. The highest BCUT2D eigenvalue weighted by molar-refractivity contribution is 9.10. The summed E-state index contributed by atoms with van der Waals surface area (Å²) >= 11 is 3.12. The van der Waals surface area contributed by atoms with Crippen molar-refractivity contribution in [1.82, 2.24) is 0 Å². The number of carbonyl (C=O) groups excluding carboxylic acids is 1. The molecular formula is C92H140BBrF4O4. The number of ketones is 1. The molecule has 8 aliphatic rings. The van der Waals surface area contributed by atoms with E-state index in [4.69, 9.17) is 0 Å². The number of hydrogen-bond acceptors (Lipinski definition) is 4. The molecule has 8 saturated carbocycles. The van der Waals surface area contributed by atoms with Crippen molar-refractivity contribution in [1.29, 1.82) is 0 Å². The number of carbonyl (C=O) groups is 1. The maximum absolute atomic E-state index is 14.1. The number of hydrogen-bond donors (Lipinski definition) is 3. The molecule has 4 aromatic rings. The molecule has 0 saturated heterocycles. The molecule has 0 radical (unpaired) electrons. The van der Waals surface area contributed by atoms with Crippen molar-refractivity contribution in [2.24, 2.45) is 71.0 Å². The van der Waals surface area contributed by atoms with Crippen LogP contribution in [0.4, 0.5) is 17.6 Å². The van der Waals surface area contributed by atoms with E-state index in [1.54, 1.807) is 30.3 Å². The van der Waals surface area contributed by atoms with E-state index in [1.165, 1.54) is 299 Å². The van der Waals surface area contributed by atoms with Gasteiger partial charge in [0, 0.05) is 22.8 Å². The first-order valence-electron chi connectivity index (χ1n) is 42.8. The predicted molar refractivity (Wildman–Crippen MR) is 424 cm³/mol. The smallest absolute Gasteiger partial charge is 0.423 e. The Kier molecular flexibility index (Phi) is 38.1. The summed E-state index contributed by atoms with van der Waals surface area (Å²) in [5.74, 6) is 11.7. The van der Waals surface area contributed by atoms with Crippen LogP contribution >= 0.6 is 15.9 Å². The van der Waals surface area contributed by atoms with E-state index >= 15 is 0 Å². The SMILES string of the molecule is CCCCCC1CCC(C2CCC(=O)CC2)CC1.CCCCCC1CCC(C2CCC(O)(c3cccc(F)c3)CC2)CC1.CCCCCC1CCC(C2CCC(c3ccc(B(O)O)c(F)c3)CC2)CC1.CCCCCC1CCC(C2CCC(c3cccc(F)c3)CC2)CC1.Fc1cccc(Br)c1. The molecule has 0 atom stereocenters. The molecule has 0 aliphatic heterocycles. The van der Waals surface area contributed by atoms with Gasteiger partial charge in [-0.05, 0) is 289 Å². The minimum Gasteiger partial charge on any atom is -0.423 e. The first kappa shape index (κ1) is 84.3. The van der Waals surface area contributed by atoms with Crippen LogP contribution in [-0.2, 0) is 10.4 Å². The molecule has 10 heteroatoms. The lowest BCUT2D eigenvalue weighted by Gasteiger charge is -2.41. The van der Waals surface area contributed by atoms with Crippen molar-refractivity contribution in [3.05, 3.63) is 135 Å². The molecule has 8 fully saturated rings. The molecule has 0 aromatic heterocycles. The number of unbranched alkanes of at least 4 members (excludes halogenated alkanes) is 8. The lowest BCUT2D eigenvalue weighted by Crippen LogP contribution is -2.34. The third-order valence-electron chi connectivity index (χ3n) is 27.3. The maximum Gasteiger partial charge on any atom is 0.491 e. The van der Waals surface area contributed by atoms with E-state index in [9.17, 15) is 37.5 Å². The highest BCUT2D eigenvalue weighted by Gasteiger charge is 2.39. The van der Waals surface area contributed by atoms with Crippen LogP contribution in [0.2, 0.25) is 0 Å². The van der Waals surface area contributed by atoms with Gasteiger partial charge in [0.25, 0.3) is 0 Å². The molecular weight excluding hydrogens is 1340 g/mol. The van der Waals surface area contributed by atoms with Crippen LogP contribution in [0.15, 0.2) is 95.5 Å². The van der Waals surface area contributed by atoms with Gasteiger partial charge in [0.15, 0.2) is 0 Å². The Bertz CT molecular complexity index is 2870. The topological polar surface area (TPSA) is 77.8 Å². The van der Waals surface area contributed by atoms with Crippen LogP contribution in [0, 0.1) is 94.3 Å². The van der Waals surface area contributed by atoms with Gasteiger partial charge in [0.2, 0.25) is 0 Å². The second kappa shape index (κ2) is 46.1.